The third-order valence-corrected chi connectivity index (χ3v) is 4.06. The minimum atomic E-state index is -3.35. The largest absolute Gasteiger partial charge is 0.269 e. The maximum absolute atomic E-state index is 11.8. The second-order valence-electron chi connectivity index (χ2n) is 4.86. The molecule has 0 atom stereocenters. The average molecular weight is 289 g/mol. The van der Waals surface area contributed by atoms with Gasteiger partial charge in [0.2, 0.25) is 0 Å². The highest BCUT2D eigenvalue weighted by molar-refractivity contribution is 7.90. The van der Waals surface area contributed by atoms with E-state index in [1.165, 1.54) is 38.4 Å². The lowest BCUT2D eigenvalue weighted by Crippen LogP contribution is -2.39. The van der Waals surface area contributed by atoms with E-state index in [0.717, 1.165) is 0 Å². The fourth-order valence-corrected chi connectivity index (χ4v) is 2.97. The number of hydroxylamine groups is 3. The summed E-state index contributed by atoms with van der Waals surface area (Å²) in [5.41, 5.74) is 0.420. The van der Waals surface area contributed by atoms with Gasteiger partial charge in [-0.3, -0.25) is 10.1 Å². The van der Waals surface area contributed by atoms with Crippen molar-refractivity contribution < 1.29 is 23.2 Å². The van der Waals surface area contributed by atoms with Gasteiger partial charge in [-0.2, -0.15) is 4.65 Å². The SMILES string of the molecule is C[N+](C)(O)CCS(=O)(=O)Cc1ccc([N+](=O)[O-])cc1. The van der Waals surface area contributed by atoms with Crippen LogP contribution in [-0.2, 0) is 15.6 Å². The molecule has 1 aromatic rings. The molecule has 0 aliphatic carbocycles. The highest BCUT2D eigenvalue weighted by atomic mass is 32.2. The molecule has 0 spiro atoms. The van der Waals surface area contributed by atoms with E-state index in [-0.39, 0.29) is 23.7 Å². The monoisotopic (exact) mass is 289 g/mol. The first-order valence-electron chi connectivity index (χ1n) is 5.59. The van der Waals surface area contributed by atoms with Crippen LogP contribution in [0.15, 0.2) is 24.3 Å². The molecule has 0 aliphatic rings. The predicted octanol–water partition coefficient (Wildman–Crippen LogP) is 0.975. The van der Waals surface area contributed by atoms with Crippen molar-refractivity contribution in [3.63, 3.8) is 0 Å². The Hall–Kier alpha value is -1.51. The Bertz CT molecular complexity index is 545. The first-order valence-corrected chi connectivity index (χ1v) is 7.41. The number of nitro benzene ring substituents is 1. The van der Waals surface area contributed by atoms with Gasteiger partial charge < -0.3 is 0 Å². The van der Waals surface area contributed by atoms with Gasteiger partial charge in [0.15, 0.2) is 9.84 Å². The smallest absolute Gasteiger partial charge is 0.258 e. The fraction of sp³-hybridized carbons (Fsp3) is 0.455. The van der Waals surface area contributed by atoms with E-state index in [1.807, 2.05) is 0 Å². The second-order valence-corrected chi connectivity index (χ2v) is 7.04. The van der Waals surface area contributed by atoms with Crippen LogP contribution in [0.2, 0.25) is 0 Å². The number of hydrogen-bond donors (Lipinski definition) is 1. The minimum absolute atomic E-state index is 0.0747. The maximum atomic E-state index is 11.8. The molecule has 0 saturated heterocycles. The predicted molar refractivity (Wildman–Crippen MR) is 69.3 cm³/mol. The number of quaternary nitrogens is 1. The van der Waals surface area contributed by atoms with E-state index in [2.05, 4.69) is 0 Å². The average Bonchev–Trinajstić information content (AvgIpc) is 2.26. The third kappa shape index (κ3) is 5.77. The Balaban J connectivity index is 2.70. The number of sulfone groups is 1. The van der Waals surface area contributed by atoms with Crippen LogP contribution in [0, 0.1) is 10.1 Å². The maximum Gasteiger partial charge on any atom is 0.269 e. The van der Waals surface area contributed by atoms with Crippen LogP contribution in [-0.4, -0.2) is 49.6 Å². The van der Waals surface area contributed by atoms with Gasteiger partial charge in [-0.25, -0.2) is 13.6 Å². The standard InChI is InChI=1S/C11H17N2O5S/c1-13(2,16)7-8-19(17,18)9-10-3-5-11(6-4-10)12(14)15/h3-6,16H,7-9H2,1-2H3/q+1. The van der Waals surface area contributed by atoms with Crippen molar-refractivity contribution in [2.75, 3.05) is 26.4 Å². The lowest BCUT2D eigenvalue weighted by atomic mass is 10.2. The van der Waals surface area contributed by atoms with Gasteiger partial charge in [0.05, 0.1) is 24.8 Å². The van der Waals surface area contributed by atoms with Gasteiger partial charge in [-0.05, 0) is 5.56 Å². The van der Waals surface area contributed by atoms with Crippen LogP contribution in [0.3, 0.4) is 0 Å². The molecule has 0 amide bonds. The number of nitro groups is 1. The minimum Gasteiger partial charge on any atom is -0.258 e. The Labute approximate surface area is 111 Å². The molecule has 7 nitrogen and oxygen atoms in total. The molecule has 106 valence electrons. The van der Waals surface area contributed by atoms with Gasteiger partial charge in [0, 0.05) is 12.1 Å². The highest BCUT2D eigenvalue weighted by Gasteiger charge is 2.19. The molecule has 1 aromatic carbocycles. The molecule has 0 radical (unpaired) electrons. The van der Waals surface area contributed by atoms with E-state index >= 15 is 0 Å². The fourth-order valence-electron chi connectivity index (χ4n) is 1.40. The lowest BCUT2D eigenvalue weighted by Gasteiger charge is -2.19. The van der Waals surface area contributed by atoms with Crippen molar-refractivity contribution in [3.8, 4) is 0 Å². The van der Waals surface area contributed by atoms with E-state index in [9.17, 15) is 23.7 Å². The summed E-state index contributed by atoms with van der Waals surface area (Å²) >= 11 is 0. The molecule has 0 unspecified atom stereocenters. The van der Waals surface area contributed by atoms with Gasteiger partial charge in [0.25, 0.3) is 5.69 Å². The summed E-state index contributed by atoms with van der Waals surface area (Å²) in [5, 5.41) is 19.9. The summed E-state index contributed by atoms with van der Waals surface area (Å²) in [5.74, 6) is -0.335. The van der Waals surface area contributed by atoms with Crippen molar-refractivity contribution in [1.29, 1.82) is 0 Å². The first kappa shape index (κ1) is 15.5. The lowest BCUT2D eigenvalue weighted by molar-refractivity contribution is -1.07. The van der Waals surface area contributed by atoms with Gasteiger partial charge in [-0.1, -0.05) is 12.1 Å². The highest BCUT2D eigenvalue weighted by Crippen LogP contribution is 2.14. The second kappa shape index (κ2) is 5.64. The summed E-state index contributed by atoms with van der Waals surface area (Å²) in [6, 6.07) is 5.40. The Morgan fingerprint density at radius 3 is 2.21 bits per heavy atom. The number of nitrogens with zero attached hydrogens (tertiary/aromatic N) is 2. The van der Waals surface area contributed by atoms with E-state index < -0.39 is 19.4 Å². The number of rotatable bonds is 6. The molecule has 0 aromatic heterocycles. The molecular weight excluding hydrogens is 272 g/mol. The summed E-state index contributed by atoms with van der Waals surface area (Å²) in [7, 11) is -0.371. The molecule has 0 saturated carbocycles. The van der Waals surface area contributed by atoms with Crippen LogP contribution in [0.25, 0.3) is 0 Å². The summed E-state index contributed by atoms with van der Waals surface area (Å²) < 4.78 is 23.2. The Morgan fingerprint density at radius 2 is 1.79 bits per heavy atom. The van der Waals surface area contributed by atoms with Crippen molar-refractivity contribution in [2.45, 2.75) is 5.75 Å². The summed E-state index contributed by atoms with van der Waals surface area (Å²) in [6.45, 7) is 0.0926. The van der Waals surface area contributed by atoms with Crippen LogP contribution in [0.1, 0.15) is 5.56 Å². The van der Waals surface area contributed by atoms with Gasteiger partial charge >= 0.3 is 0 Å². The van der Waals surface area contributed by atoms with Crippen LogP contribution in [0.4, 0.5) is 5.69 Å². The zero-order valence-electron chi connectivity index (χ0n) is 10.8. The van der Waals surface area contributed by atoms with Crippen molar-refractivity contribution in [1.82, 2.24) is 0 Å². The number of non-ortho nitro benzene ring substituents is 1. The van der Waals surface area contributed by atoms with Crippen LogP contribution in [0.5, 0.6) is 0 Å². The van der Waals surface area contributed by atoms with Crippen LogP contribution >= 0.6 is 0 Å². The zero-order chi connectivity index (χ0) is 14.7. The van der Waals surface area contributed by atoms with E-state index in [1.54, 1.807) is 0 Å². The number of benzene rings is 1. The molecule has 0 fully saturated rings. The van der Waals surface area contributed by atoms with Crippen molar-refractivity contribution in [2.24, 2.45) is 0 Å². The molecule has 19 heavy (non-hydrogen) atoms. The molecular formula is C11H17N2O5S+. The molecule has 0 heterocycles. The topological polar surface area (TPSA) is 97.5 Å². The van der Waals surface area contributed by atoms with Crippen molar-refractivity contribution >= 4 is 15.5 Å². The van der Waals surface area contributed by atoms with E-state index in [0.29, 0.717) is 5.56 Å². The Morgan fingerprint density at radius 1 is 1.26 bits per heavy atom. The van der Waals surface area contributed by atoms with Crippen molar-refractivity contribution in [3.05, 3.63) is 39.9 Å². The third-order valence-electron chi connectivity index (χ3n) is 2.48. The Kier molecular flexibility index (Phi) is 4.61. The van der Waals surface area contributed by atoms with Crippen LogP contribution < -0.4 is 0 Å². The zero-order valence-corrected chi connectivity index (χ0v) is 11.6. The normalized spacial score (nSPS) is 12.4. The van der Waals surface area contributed by atoms with Gasteiger partial charge in [0.1, 0.15) is 12.3 Å². The quantitative estimate of drug-likeness (QED) is 0.478. The first-order chi connectivity index (χ1) is 8.59. The molecule has 1 rings (SSSR count). The van der Waals surface area contributed by atoms with E-state index in [4.69, 9.17) is 0 Å². The summed E-state index contributed by atoms with van der Waals surface area (Å²) in [4.78, 5) is 9.93. The molecule has 8 heteroatoms. The molecule has 1 N–H and O–H groups in total. The summed E-state index contributed by atoms with van der Waals surface area (Å²) in [6.07, 6.45) is 0. The molecule has 0 aliphatic heterocycles. The van der Waals surface area contributed by atoms with Gasteiger partial charge in [-0.15, -0.1) is 0 Å². The number of hydrogen-bond acceptors (Lipinski definition) is 5. The molecule has 0 bridgehead atoms.